The number of aryl methyl sites for hydroxylation is 1. The molecule has 1 aliphatic heterocycles. The first-order valence-corrected chi connectivity index (χ1v) is 14.8. The Morgan fingerprint density at radius 1 is 1.29 bits per heavy atom. The van der Waals surface area contributed by atoms with Gasteiger partial charge < -0.3 is 14.9 Å². The van der Waals surface area contributed by atoms with Crippen molar-refractivity contribution in [2.75, 3.05) is 18.4 Å². The first-order valence-electron chi connectivity index (χ1n) is 14.8. The smallest absolute Gasteiger partial charge is 0.274 e. The van der Waals surface area contributed by atoms with Gasteiger partial charge in [0.15, 0.2) is 0 Å². The highest BCUT2D eigenvalue weighted by Crippen LogP contribution is 2.53. The second-order valence-corrected chi connectivity index (χ2v) is 12.0. The van der Waals surface area contributed by atoms with E-state index in [0.717, 1.165) is 60.3 Å². The average molecular weight is 551 g/mol. The predicted molar refractivity (Wildman–Crippen MR) is 158 cm³/mol. The lowest BCUT2D eigenvalue weighted by atomic mass is 9.57. The number of anilines is 1. The van der Waals surface area contributed by atoms with E-state index in [0.29, 0.717) is 29.6 Å². The molecular formula is C32H38N8O. The van der Waals surface area contributed by atoms with Crippen LogP contribution >= 0.6 is 0 Å². The van der Waals surface area contributed by atoms with E-state index in [1.54, 1.807) is 6.33 Å². The number of rotatable bonds is 8. The van der Waals surface area contributed by atoms with Crippen molar-refractivity contribution >= 4 is 22.6 Å². The number of nitriles is 1. The van der Waals surface area contributed by atoms with Crippen molar-refractivity contribution < 1.29 is 4.79 Å². The SMILES string of the molecule is CCC(c1cc(C(=O)Nc2cccc(C3(c4nncn4C)CC(CC#N)C3)c2)nc2cc[nH]c12)N1CCC[C@H](C)C1. The summed E-state index contributed by atoms with van der Waals surface area (Å²) in [5.41, 5.74) is 4.83. The van der Waals surface area contributed by atoms with Gasteiger partial charge in [-0.2, -0.15) is 5.26 Å². The number of aromatic nitrogens is 5. The lowest BCUT2D eigenvalue weighted by molar-refractivity contribution is 0.102. The van der Waals surface area contributed by atoms with Crippen LogP contribution in [-0.2, 0) is 12.5 Å². The van der Waals surface area contributed by atoms with Gasteiger partial charge in [0, 0.05) is 37.9 Å². The van der Waals surface area contributed by atoms with Crippen molar-refractivity contribution in [3.8, 4) is 6.07 Å². The number of H-pyrrole nitrogens is 1. The number of nitrogens with one attached hydrogen (secondary N) is 2. The highest BCUT2D eigenvalue weighted by Gasteiger charge is 2.49. The van der Waals surface area contributed by atoms with E-state index in [9.17, 15) is 10.1 Å². The Hall–Kier alpha value is -4.03. The normalized spacial score (nSPS) is 23.6. The van der Waals surface area contributed by atoms with Gasteiger partial charge >= 0.3 is 0 Å². The van der Waals surface area contributed by atoms with Crippen molar-refractivity contribution in [1.29, 1.82) is 5.26 Å². The van der Waals surface area contributed by atoms with Gasteiger partial charge in [0.1, 0.15) is 17.8 Å². The molecule has 0 spiro atoms. The molecule has 1 saturated carbocycles. The minimum atomic E-state index is -0.330. The summed E-state index contributed by atoms with van der Waals surface area (Å²) in [6, 6.07) is 14.5. The van der Waals surface area contributed by atoms with Gasteiger partial charge in [0.25, 0.3) is 5.91 Å². The average Bonchev–Trinajstić information content (AvgIpc) is 3.60. The molecule has 2 aliphatic rings. The van der Waals surface area contributed by atoms with E-state index in [1.807, 2.05) is 48.1 Å². The van der Waals surface area contributed by atoms with E-state index in [2.05, 4.69) is 51.4 Å². The lowest BCUT2D eigenvalue weighted by Crippen LogP contribution is -2.44. The number of hydrogen-bond acceptors (Lipinski definition) is 6. The summed E-state index contributed by atoms with van der Waals surface area (Å²) in [4.78, 5) is 24.4. The Kier molecular flexibility index (Phi) is 7.35. The fraction of sp³-hybridized carbons (Fsp3) is 0.469. The summed E-state index contributed by atoms with van der Waals surface area (Å²) in [7, 11) is 1.95. The molecule has 1 aliphatic carbocycles. The molecule has 212 valence electrons. The van der Waals surface area contributed by atoms with Gasteiger partial charge in [0.2, 0.25) is 0 Å². The van der Waals surface area contributed by atoms with Gasteiger partial charge in [-0.25, -0.2) is 4.98 Å². The van der Waals surface area contributed by atoms with Crippen LogP contribution in [0.1, 0.15) is 85.9 Å². The topological polar surface area (TPSA) is 116 Å². The summed E-state index contributed by atoms with van der Waals surface area (Å²) in [5.74, 6) is 1.65. The van der Waals surface area contributed by atoms with E-state index >= 15 is 0 Å². The number of aromatic amines is 1. The number of carbonyl (C=O) groups is 1. The molecule has 2 atom stereocenters. The number of carbonyl (C=O) groups excluding carboxylic acids is 1. The maximum Gasteiger partial charge on any atom is 0.274 e. The van der Waals surface area contributed by atoms with Crippen molar-refractivity contribution in [2.45, 2.75) is 63.8 Å². The van der Waals surface area contributed by atoms with Crippen LogP contribution in [0.4, 0.5) is 5.69 Å². The molecule has 1 saturated heterocycles. The van der Waals surface area contributed by atoms with Gasteiger partial charge in [-0.15, -0.1) is 10.2 Å². The molecule has 9 nitrogen and oxygen atoms in total. The Balaban J connectivity index is 1.29. The van der Waals surface area contributed by atoms with E-state index in [1.165, 1.54) is 12.8 Å². The van der Waals surface area contributed by atoms with Crippen molar-refractivity contribution in [3.63, 3.8) is 0 Å². The zero-order valence-electron chi connectivity index (χ0n) is 24.1. The van der Waals surface area contributed by atoms with Crippen molar-refractivity contribution in [2.24, 2.45) is 18.9 Å². The first kappa shape index (κ1) is 27.2. The van der Waals surface area contributed by atoms with Crippen LogP contribution in [0.5, 0.6) is 0 Å². The highest BCUT2D eigenvalue weighted by atomic mass is 16.1. The molecule has 41 heavy (non-hydrogen) atoms. The summed E-state index contributed by atoms with van der Waals surface area (Å²) in [5, 5.41) is 20.9. The second-order valence-electron chi connectivity index (χ2n) is 12.0. The highest BCUT2D eigenvalue weighted by molar-refractivity contribution is 6.04. The van der Waals surface area contributed by atoms with E-state index in [4.69, 9.17) is 4.98 Å². The number of fused-ring (bicyclic) bond motifs is 1. The van der Waals surface area contributed by atoms with Crippen molar-refractivity contribution in [3.05, 3.63) is 71.6 Å². The minimum Gasteiger partial charge on any atom is -0.360 e. The minimum absolute atomic E-state index is 0.225. The number of amides is 1. The molecule has 0 radical (unpaired) electrons. The summed E-state index contributed by atoms with van der Waals surface area (Å²) >= 11 is 0. The molecule has 0 bridgehead atoms. The third kappa shape index (κ3) is 5.02. The van der Waals surface area contributed by atoms with Gasteiger partial charge in [-0.1, -0.05) is 26.0 Å². The maximum absolute atomic E-state index is 13.7. The van der Waals surface area contributed by atoms with Crippen LogP contribution in [0, 0.1) is 23.2 Å². The molecule has 3 aromatic heterocycles. The fourth-order valence-electron chi connectivity index (χ4n) is 7.18. The Morgan fingerprint density at radius 3 is 2.88 bits per heavy atom. The summed E-state index contributed by atoms with van der Waals surface area (Å²) in [6.07, 6.45) is 9.24. The largest absolute Gasteiger partial charge is 0.360 e. The zero-order chi connectivity index (χ0) is 28.6. The standard InChI is InChI=1S/C32H38N8O/c1-4-28(40-14-6-7-21(2)19-40)25-16-27(37-26-11-13-34-29(25)26)30(41)36-24-9-5-8-23(15-24)32(17-22(18-32)10-12-33)31-38-35-20-39(31)3/h5,8-9,11,13,15-16,20-22,28,34H,4,6-7,10,14,17-19H2,1-3H3,(H,36,41)/t21-,22?,28?,32?/m0/s1. The predicted octanol–water partition coefficient (Wildman–Crippen LogP) is 5.74. The zero-order valence-corrected chi connectivity index (χ0v) is 24.1. The monoisotopic (exact) mass is 550 g/mol. The van der Waals surface area contributed by atoms with Crippen LogP contribution in [0.25, 0.3) is 11.0 Å². The number of pyridine rings is 1. The van der Waals surface area contributed by atoms with Gasteiger partial charge in [-0.05, 0) is 85.9 Å². The molecule has 9 heteroatoms. The maximum atomic E-state index is 13.7. The number of piperidine rings is 1. The number of nitrogens with zero attached hydrogens (tertiary/aromatic N) is 6. The molecule has 4 aromatic rings. The van der Waals surface area contributed by atoms with Crippen molar-refractivity contribution in [1.82, 2.24) is 29.6 Å². The Bertz CT molecular complexity index is 1590. The molecule has 4 heterocycles. The molecular weight excluding hydrogens is 512 g/mol. The second kappa shape index (κ2) is 11.1. The lowest BCUT2D eigenvalue weighted by Gasteiger charge is -2.46. The van der Waals surface area contributed by atoms with Crippen LogP contribution in [-0.4, -0.2) is 48.6 Å². The third-order valence-electron chi connectivity index (χ3n) is 9.12. The fourth-order valence-corrected chi connectivity index (χ4v) is 7.18. The van der Waals surface area contributed by atoms with Gasteiger partial charge in [0.05, 0.1) is 22.5 Å². The molecule has 1 amide bonds. The summed E-state index contributed by atoms with van der Waals surface area (Å²) < 4.78 is 1.96. The quantitative estimate of drug-likeness (QED) is 0.289. The van der Waals surface area contributed by atoms with Crippen LogP contribution < -0.4 is 5.32 Å². The Labute approximate surface area is 241 Å². The molecule has 1 aromatic carbocycles. The van der Waals surface area contributed by atoms with Crippen LogP contribution in [0.15, 0.2) is 48.9 Å². The van der Waals surface area contributed by atoms with Crippen LogP contribution in [0.2, 0.25) is 0 Å². The van der Waals surface area contributed by atoms with Gasteiger partial charge in [-0.3, -0.25) is 9.69 Å². The van der Waals surface area contributed by atoms with E-state index in [-0.39, 0.29) is 17.4 Å². The third-order valence-corrected chi connectivity index (χ3v) is 9.12. The summed E-state index contributed by atoms with van der Waals surface area (Å²) in [6.45, 7) is 6.69. The molecule has 2 fully saturated rings. The number of likely N-dealkylation sites (tertiary alicyclic amines) is 1. The number of hydrogen-bond donors (Lipinski definition) is 2. The molecule has 2 N–H and O–H groups in total. The van der Waals surface area contributed by atoms with Crippen LogP contribution in [0.3, 0.4) is 0 Å². The first-order chi connectivity index (χ1) is 19.9. The molecule has 6 rings (SSSR count). The Morgan fingerprint density at radius 2 is 2.15 bits per heavy atom. The molecule has 1 unspecified atom stereocenters. The van der Waals surface area contributed by atoms with E-state index < -0.39 is 0 Å². The number of benzene rings is 1.